The van der Waals surface area contributed by atoms with Crippen LogP contribution >= 0.6 is 0 Å². The van der Waals surface area contributed by atoms with Crippen molar-refractivity contribution in [3.8, 4) is 0 Å². The fourth-order valence-electron chi connectivity index (χ4n) is 2.26. The number of hydrogen-bond acceptors (Lipinski definition) is 3. The van der Waals surface area contributed by atoms with Crippen molar-refractivity contribution >= 4 is 5.91 Å². The molecule has 1 saturated heterocycles. The number of furan rings is 1. The highest BCUT2D eigenvalue weighted by molar-refractivity contribution is 5.76. The molecule has 100 valence electrons. The van der Waals surface area contributed by atoms with Crippen molar-refractivity contribution < 1.29 is 9.21 Å². The zero-order valence-corrected chi connectivity index (χ0v) is 11.1. The Hall–Kier alpha value is -1.29. The number of carbonyl (C=O) groups is 1. The highest BCUT2D eigenvalue weighted by Gasteiger charge is 2.20. The Kier molecular flexibility index (Phi) is 4.81. The molecule has 0 radical (unpaired) electrons. The van der Waals surface area contributed by atoms with Crippen LogP contribution in [0.25, 0.3) is 0 Å². The fourth-order valence-corrected chi connectivity index (χ4v) is 2.26. The molecule has 0 aromatic carbocycles. The minimum atomic E-state index is 0.314. The largest absolute Gasteiger partial charge is 0.468 e. The summed E-state index contributed by atoms with van der Waals surface area (Å²) in [7, 11) is 0. The molecule has 0 saturated carbocycles. The van der Waals surface area contributed by atoms with Crippen molar-refractivity contribution in [3.05, 3.63) is 24.2 Å². The number of piperazine rings is 1. The summed E-state index contributed by atoms with van der Waals surface area (Å²) in [6, 6.07) is 3.92. The first-order valence-corrected chi connectivity index (χ1v) is 6.82. The average Bonchev–Trinajstić information content (AvgIpc) is 2.89. The lowest BCUT2D eigenvalue weighted by atomic mass is 10.2. The van der Waals surface area contributed by atoms with Gasteiger partial charge in [0.2, 0.25) is 5.91 Å². The lowest BCUT2D eigenvalue weighted by Crippen LogP contribution is -2.48. The molecule has 4 nitrogen and oxygen atoms in total. The molecule has 4 heteroatoms. The molecule has 1 aliphatic rings. The van der Waals surface area contributed by atoms with Gasteiger partial charge < -0.3 is 9.32 Å². The van der Waals surface area contributed by atoms with Crippen molar-refractivity contribution in [1.29, 1.82) is 0 Å². The van der Waals surface area contributed by atoms with Crippen LogP contribution in [0.1, 0.15) is 31.9 Å². The Balaban J connectivity index is 1.72. The summed E-state index contributed by atoms with van der Waals surface area (Å²) < 4.78 is 5.34. The number of nitrogens with zero attached hydrogens (tertiary/aromatic N) is 2. The Morgan fingerprint density at radius 1 is 1.33 bits per heavy atom. The standard InChI is InChI=1S/C14H22N2O2/c1-2-3-6-14(17)16-9-7-15(8-10-16)12-13-5-4-11-18-13/h4-5,11H,2-3,6-10,12H2,1H3. The number of carbonyl (C=O) groups excluding carboxylic acids is 1. The molecule has 1 aromatic heterocycles. The molecule has 0 unspecified atom stereocenters. The molecule has 0 N–H and O–H groups in total. The first-order valence-electron chi connectivity index (χ1n) is 6.82. The van der Waals surface area contributed by atoms with Gasteiger partial charge in [0.1, 0.15) is 5.76 Å². The molecular formula is C14H22N2O2. The quantitative estimate of drug-likeness (QED) is 0.803. The van der Waals surface area contributed by atoms with E-state index in [-0.39, 0.29) is 0 Å². The molecule has 0 spiro atoms. The minimum absolute atomic E-state index is 0.314. The van der Waals surface area contributed by atoms with Crippen LogP contribution in [0.5, 0.6) is 0 Å². The third-order valence-electron chi connectivity index (χ3n) is 3.43. The second-order valence-electron chi connectivity index (χ2n) is 4.84. The number of amides is 1. The molecule has 1 aromatic rings. The summed E-state index contributed by atoms with van der Waals surface area (Å²) >= 11 is 0. The van der Waals surface area contributed by atoms with E-state index in [1.54, 1.807) is 6.26 Å². The summed E-state index contributed by atoms with van der Waals surface area (Å²) in [5, 5.41) is 0. The Morgan fingerprint density at radius 2 is 2.11 bits per heavy atom. The summed E-state index contributed by atoms with van der Waals surface area (Å²) in [6.07, 6.45) is 4.50. The molecule has 2 rings (SSSR count). The fraction of sp³-hybridized carbons (Fsp3) is 0.643. The van der Waals surface area contributed by atoms with Gasteiger partial charge in [0, 0.05) is 32.6 Å². The topological polar surface area (TPSA) is 36.7 Å². The molecular weight excluding hydrogens is 228 g/mol. The van der Waals surface area contributed by atoms with Gasteiger partial charge in [-0.25, -0.2) is 0 Å². The van der Waals surface area contributed by atoms with Crippen LogP contribution in [0.15, 0.2) is 22.8 Å². The van der Waals surface area contributed by atoms with Gasteiger partial charge in [0.25, 0.3) is 0 Å². The lowest BCUT2D eigenvalue weighted by Gasteiger charge is -2.34. The van der Waals surface area contributed by atoms with Crippen LogP contribution in [0, 0.1) is 0 Å². The smallest absolute Gasteiger partial charge is 0.222 e. The van der Waals surface area contributed by atoms with Crippen molar-refractivity contribution in [2.45, 2.75) is 32.7 Å². The third-order valence-corrected chi connectivity index (χ3v) is 3.43. The predicted octanol–water partition coefficient (Wildman–Crippen LogP) is 2.11. The van der Waals surface area contributed by atoms with E-state index in [1.165, 1.54) is 0 Å². The molecule has 1 aliphatic heterocycles. The summed E-state index contributed by atoms with van der Waals surface area (Å²) in [6.45, 7) is 6.56. The summed E-state index contributed by atoms with van der Waals surface area (Å²) in [4.78, 5) is 16.2. The van der Waals surface area contributed by atoms with E-state index in [9.17, 15) is 4.79 Å². The molecule has 18 heavy (non-hydrogen) atoms. The van der Waals surface area contributed by atoms with Crippen molar-refractivity contribution in [3.63, 3.8) is 0 Å². The van der Waals surface area contributed by atoms with E-state index < -0.39 is 0 Å². The van der Waals surface area contributed by atoms with E-state index >= 15 is 0 Å². The highest BCUT2D eigenvalue weighted by atomic mass is 16.3. The monoisotopic (exact) mass is 250 g/mol. The van der Waals surface area contributed by atoms with Crippen LogP contribution in [0.3, 0.4) is 0 Å². The van der Waals surface area contributed by atoms with E-state index in [4.69, 9.17) is 4.42 Å². The van der Waals surface area contributed by atoms with E-state index in [2.05, 4.69) is 11.8 Å². The van der Waals surface area contributed by atoms with Crippen LogP contribution in [0.4, 0.5) is 0 Å². The first kappa shape index (κ1) is 13.1. The third kappa shape index (κ3) is 3.60. The lowest BCUT2D eigenvalue weighted by molar-refractivity contribution is -0.133. The maximum absolute atomic E-state index is 11.9. The SMILES string of the molecule is CCCCC(=O)N1CCN(Cc2ccco2)CC1. The van der Waals surface area contributed by atoms with E-state index in [0.717, 1.165) is 51.3 Å². The summed E-state index contributed by atoms with van der Waals surface area (Å²) in [5.41, 5.74) is 0. The Labute approximate surface area is 109 Å². The van der Waals surface area contributed by atoms with Crippen molar-refractivity contribution in [2.75, 3.05) is 26.2 Å². The molecule has 0 atom stereocenters. The van der Waals surface area contributed by atoms with Gasteiger partial charge in [0.05, 0.1) is 12.8 Å². The first-order chi connectivity index (χ1) is 8.79. The number of rotatable bonds is 5. The minimum Gasteiger partial charge on any atom is -0.468 e. The molecule has 0 aliphatic carbocycles. The van der Waals surface area contributed by atoms with Crippen LogP contribution in [0.2, 0.25) is 0 Å². The highest BCUT2D eigenvalue weighted by Crippen LogP contribution is 2.10. The Bertz CT molecular complexity index is 354. The molecule has 1 amide bonds. The number of unbranched alkanes of at least 4 members (excludes halogenated alkanes) is 1. The van der Waals surface area contributed by atoms with Gasteiger partial charge in [-0.15, -0.1) is 0 Å². The average molecular weight is 250 g/mol. The normalized spacial score (nSPS) is 17.1. The Morgan fingerprint density at radius 3 is 2.72 bits per heavy atom. The van der Waals surface area contributed by atoms with Crippen molar-refractivity contribution in [2.24, 2.45) is 0 Å². The maximum atomic E-state index is 11.9. The summed E-state index contributed by atoms with van der Waals surface area (Å²) in [5.74, 6) is 1.32. The second kappa shape index (κ2) is 6.59. The van der Waals surface area contributed by atoms with Gasteiger partial charge in [-0.2, -0.15) is 0 Å². The zero-order valence-electron chi connectivity index (χ0n) is 11.1. The maximum Gasteiger partial charge on any atom is 0.222 e. The van der Waals surface area contributed by atoms with Gasteiger partial charge in [-0.3, -0.25) is 9.69 Å². The predicted molar refractivity (Wildman–Crippen MR) is 70.1 cm³/mol. The molecule has 1 fully saturated rings. The molecule has 0 bridgehead atoms. The van der Waals surface area contributed by atoms with Gasteiger partial charge in [-0.05, 0) is 18.6 Å². The van der Waals surface area contributed by atoms with Crippen molar-refractivity contribution in [1.82, 2.24) is 9.80 Å². The van der Waals surface area contributed by atoms with Gasteiger partial charge >= 0.3 is 0 Å². The van der Waals surface area contributed by atoms with E-state index in [0.29, 0.717) is 12.3 Å². The van der Waals surface area contributed by atoms with Crippen LogP contribution in [-0.2, 0) is 11.3 Å². The van der Waals surface area contributed by atoms with Gasteiger partial charge in [-0.1, -0.05) is 13.3 Å². The zero-order chi connectivity index (χ0) is 12.8. The van der Waals surface area contributed by atoms with Crippen LogP contribution in [-0.4, -0.2) is 41.9 Å². The van der Waals surface area contributed by atoms with E-state index in [1.807, 2.05) is 17.0 Å². The molecule has 2 heterocycles. The second-order valence-corrected chi connectivity index (χ2v) is 4.84. The van der Waals surface area contributed by atoms with Gasteiger partial charge in [0.15, 0.2) is 0 Å². The number of hydrogen-bond donors (Lipinski definition) is 0. The van der Waals surface area contributed by atoms with Crippen LogP contribution < -0.4 is 0 Å².